The van der Waals surface area contributed by atoms with Gasteiger partial charge in [0.2, 0.25) is 0 Å². The minimum Gasteiger partial charge on any atom is -0.322 e. The fourth-order valence-electron chi connectivity index (χ4n) is 2.49. The Balaban J connectivity index is 1.79. The molecule has 0 aliphatic carbocycles. The number of benzene rings is 3. The van der Waals surface area contributed by atoms with Gasteiger partial charge in [-0.25, -0.2) is 12.8 Å². The van der Waals surface area contributed by atoms with Gasteiger partial charge in [-0.15, -0.1) is 0 Å². The van der Waals surface area contributed by atoms with Crippen LogP contribution in [-0.4, -0.2) is 21.4 Å². The highest BCUT2D eigenvalue weighted by molar-refractivity contribution is 7.92. The zero-order chi connectivity index (χ0) is 19.4. The number of amides is 1. The first-order chi connectivity index (χ1) is 12.9. The first-order valence-corrected chi connectivity index (χ1v) is 9.53. The Labute approximate surface area is 157 Å². The van der Waals surface area contributed by atoms with Crippen LogP contribution in [0.15, 0.2) is 83.8 Å². The maximum atomic E-state index is 13.7. The topological polar surface area (TPSA) is 66.5 Å². The molecule has 0 unspecified atom stereocenters. The van der Waals surface area contributed by atoms with Gasteiger partial charge in [-0.05, 0) is 48.5 Å². The second kappa shape index (κ2) is 7.59. The third-order valence-corrected chi connectivity index (χ3v) is 5.81. The fourth-order valence-corrected chi connectivity index (χ4v) is 3.68. The summed E-state index contributed by atoms with van der Waals surface area (Å²) >= 11 is 0. The minimum atomic E-state index is -3.74. The molecule has 1 amide bonds. The molecule has 1 N–H and O–H groups in total. The lowest BCUT2D eigenvalue weighted by molar-refractivity contribution is 0.102. The molecule has 7 heteroatoms. The minimum absolute atomic E-state index is 0.0812. The van der Waals surface area contributed by atoms with E-state index in [1.54, 1.807) is 36.4 Å². The molecule has 3 aromatic carbocycles. The van der Waals surface area contributed by atoms with Gasteiger partial charge < -0.3 is 5.32 Å². The lowest BCUT2D eigenvalue weighted by Gasteiger charge is -2.19. The standard InChI is InChI=1S/C20H17FN2O3S/c1-23(16-7-3-2-4-8-16)27(25,26)17-13-11-15(12-14-17)22-20(24)18-9-5-6-10-19(18)21/h2-14H,1H3,(H,22,24). The summed E-state index contributed by atoms with van der Waals surface area (Å²) in [4.78, 5) is 12.2. The van der Waals surface area contributed by atoms with Gasteiger partial charge in [-0.2, -0.15) is 0 Å². The van der Waals surface area contributed by atoms with E-state index in [-0.39, 0.29) is 10.5 Å². The van der Waals surface area contributed by atoms with E-state index < -0.39 is 21.7 Å². The molecule has 138 valence electrons. The van der Waals surface area contributed by atoms with Gasteiger partial charge >= 0.3 is 0 Å². The average molecular weight is 384 g/mol. The maximum Gasteiger partial charge on any atom is 0.264 e. The molecular weight excluding hydrogens is 367 g/mol. The molecule has 0 saturated heterocycles. The van der Waals surface area contributed by atoms with Crippen molar-refractivity contribution in [1.82, 2.24) is 0 Å². The summed E-state index contributed by atoms with van der Waals surface area (Å²) in [6, 6.07) is 20.0. The van der Waals surface area contributed by atoms with Crippen LogP contribution >= 0.6 is 0 Å². The first-order valence-electron chi connectivity index (χ1n) is 8.09. The fraction of sp³-hybridized carbons (Fsp3) is 0.0500. The van der Waals surface area contributed by atoms with Crippen LogP contribution in [0.2, 0.25) is 0 Å². The second-order valence-electron chi connectivity index (χ2n) is 5.77. The smallest absolute Gasteiger partial charge is 0.264 e. The predicted molar refractivity (Wildman–Crippen MR) is 103 cm³/mol. The summed E-state index contributed by atoms with van der Waals surface area (Å²) in [5.74, 6) is -1.23. The molecule has 0 radical (unpaired) electrons. The largest absolute Gasteiger partial charge is 0.322 e. The molecule has 5 nitrogen and oxygen atoms in total. The zero-order valence-electron chi connectivity index (χ0n) is 14.5. The van der Waals surface area contributed by atoms with Crippen LogP contribution in [0, 0.1) is 5.82 Å². The summed E-state index contributed by atoms with van der Waals surface area (Å²) in [5.41, 5.74) is 0.817. The van der Waals surface area contributed by atoms with Crippen LogP contribution in [0.3, 0.4) is 0 Å². The molecule has 0 atom stereocenters. The molecule has 0 aromatic heterocycles. The number of rotatable bonds is 5. The van der Waals surface area contributed by atoms with Crippen LogP contribution in [0.25, 0.3) is 0 Å². The summed E-state index contributed by atoms with van der Waals surface area (Å²) in [7, 11) is -2.26. The zero-order valence-corrected chi connectivity index (χ0v) is 15.3. The summed E-state index contributed by atoms with van der Waals surface area (Å²) in [6.07, 6.45) is 0. The molecule has 0 saturated carbocycles. The number of carbonyl (C=O) groups excluding carboxylic acids is 1. The average Bonchev–Trinajstić information content (AvgIpc) is 2.68. The lowest BCUT2D eigenvalue weighted by Crippen LogP contribution is -2.26. The second-order valence-corrected chi connectivity index (χ2v) is 7.74. The van der Waals surface area contributed by atoms with E-state index in [9.17, 15) is 17.6 Å². The molecule has 3 aromatic rings. The van der Waals surface area contributed by atoms with Crippen LogP contribution in [0.1, 0.15) is 10.4 Å². The van der Waals surface area contributed by atoms with Gasteiger partial charge in [0, 0.05) is 12.7 Å². The van der Waals surface area contributed by atoms with Crippen LogP contribution in [-0.2, 0) is 10.0 Å². The summed E-state index contributed by atoms with van der Waals surface area (Å²) < 4.78 is 40.3. The summed E-state index contributed by atoms with van der Waals surface area (Å²) in [5, 5.41) is 2.55. The Morgan fingerprint density at radius 1 is 0.889 bits per heavy atom. The molecule has 0 aliphatic rings. The number of nitrogens with zero attached hydrogens (tertiary/aromatic N) is 1. The van der Waals surface area contributed by atoms with E-state index in [0.29, 0.717) is 11.4 Å². The Bertz CT molecular complexity index is 1050. The normalized spacial score (nSPS) is 11.0. The van der Waals surface area contributed by atoms with Gasteiger partial charge in [0.05, 0.1) is 16.1 Å². The van der Waals surface area contributed by atoms with Crippen molar-refractivity contribution < 1.29 is 17.6 Å². The number of nitrogens with one attached hydrogen (secondary N) is 1. The number of halogens is 1. The Kier molecular flexibility index (Phi) is 5.23. The van der Waals surface area contributed by atoms with E-state index in [1.807, 2.05) is 0 Å². The SMILES string of the molecule is CN(c1ccccc1)S(=O)(=O)c1ccc(NC(=O)c2ccccc2F)cc1. The van der Waals surface area contributed by atoms with Crippen LogP contribution in [0.4, 0.5) is 15.8 Å². The molecule has 0 aliphatic heterocycles. The van der Waals surface area contributed by atoms with Crippen molar-refractivity contribution in [2.24, 2.45) is 0 Å². The van der Waals surface area contributed by atoms with Crippen molar-refractivity contribution >= 4 is 27.3 Å². The van der Waals surface area contributed by atoms with Crippen molar-refractivity contribution in [1.29, 1.82) is 0 Å². The van der Waals surface area contributed by atoms with Crippen molar-refractivity contribution in [3.8, 4) is 0 Å². The molecule has 0 heterocycles. The monoisotopic (exact) mass is 384 g/mol. The number of sulfonamides is 1. The Morgan fingerprint density at radius 2 is 1.48 bits per heavy atom. The van der Waals surface area contributed by atoms with Gasteiger partial charge in [-0.1, -0.05) is 30.3 Å². The van der Waals surface area contributed by atoms with Gasteiger partial charge in [0.1, 0.15) is 5.82 Å². The van der Waals surface area contributed by atoms with Crippen molar-refractivity contribution in [2.75, 3.05) is 16.7 Å². The molecule has 0 spiro atoms. The van der Waals surface area contributed by atoms with E-state index in [2.05, 4.69) is 5.32 Å². The molecule has 27 heavy (non-hydrogen) atoms. The van der Waals surface area contributed by atoms with Crippen molar-refractivity contribution in [3.63, 3.8) is 0 Å². The summed E-state index contributed by atoms with van der Waals surface area (Å²) in [6.45, 7) is 0. The number of para-hydroxylation sites is 1. The quantitative estimate of drug-likeness (QED) is 0.725. The highest BCUT2D eigenvalue weighted by Gasteiger charge is 2.21. The maximum absolute atomic E-state index is 13.7. The number of carbonyl (C=O) groups is 1. The Hall–Kier alpha value is -3.19. The third kappa shape index (κ3) is 3.98. The van der Waals surface area contributed by atoms with Gasteiger partial charge in [0.15, 0.2) is 0 Å². The molecular formula is C20H17FN2O3S. The van der Waals surface area contributed by atoms with Gasteiger partial charge in [0.25, 0.3) is 15.9 Å². The Morgan fingerprint density at radius 3 is 2.11 bits per heavy atom. The molecule has 3 rings (SSSR count). The van der Waals surface area contributed by atoms with Crippen LogP contribution in [0.5, 0.6) is 0 Å². The highest BCUT2D eigenvalue weighted by atomic mass is 32.2. The van der Waals surface area contributed by atoms with E-state index in [1.165, 1.54) is 53.8 Å². The predicted octanol–water partition coefficient (Wildman–Crippen LogP) is 3.90. The first kappa shape index (κ1) is 18.6. The highest BCUT2D eigenvalue weighted by Crippen LogP contribution is 2.23. The molecule has 0 fully saturated rings. The van der Waals surface area contributed by atoms with E-state index >= 15 is 0 Å². The van der Waals surface area contributed by atoms with Gasteiger partial charge in [-0.3, -0.25) is 9.10 Å². The molecule has 0 bridgehead atoms. The number of anilines is 2. The van der Waals surface area contributed by atoms with E-state index in [4.69, 9.17) is 0 Å². The number of hydrogen-bond donors (Lipinski definition) is 1. The van der Waals surface area contributed by atoms with E-state index in [0.717, 1.165) is 0 Å². The number of hydrogen-bond acceptors (Lipinski definition) is 3. The van der Waals surface area contributed by atoms with Crippen molar-refractivity contribution in [3.05, 3.63) is 90.2 Å². The lowest BCUT2D eigenvalue weighted by atomic mass is 10.2. The van der Waals surface area contributed by atoms with Crippen molar-refractivity contribution in [2.45, 2.75) is 4.90 Å². The third-order valence-electron chi connectivity index (χ3n) is 4.01. The van der Waals surface area contributed by atoms with Crippen LogP contribution < -0.4 is 9.62 Å².